The Hall–Kier alpha value is -3.86. The Bertz CT molecular complexity index is 1390. The standard InChI is InChI=1S/C30H31N3O2/c1-5-19(2)27(30(35)32(3)4)33-28(21-15-9-10-16-22(21)29(33)34)25-23-17-11-12-18-24(23)31-26(25)20-13-7-6-8-14-20/h6-19,27-28,31H,5H2,1-4H3. The summed E-state index contributed by atoms with van der Waals surface area (Å²) >= 11 is 0. The fourth-order valence-corrected chi connectivity index (χ4v) is 5.32. The molecule has 0 saturated carbocycles. The van der Waals surface area contributed by atoms with Crippen LogP contribution in [0.15, 0.2) is 78.9 Å². The third kappa shape index (κ3) is 3.72. The Morgan fingerprint density at radius 2 is 1.63 bits per heavy atom. The van der Waals surface area contributed by atoms with E-state index in [0.717, 1.165) is 39.7 Å². The average Bonchev–Trinajstić information content (AvgIpc) is 3.40. The number of hydrogen-bond donors (Lipinski definition) is 1. The van der Waals surface area contributed by atoms with E-state index in [1.54, 1.807) is 19.0 Å². The lowest BCUT2D eigenvalue weighted by Crippen LogP contribution is -2.51. The van der Waals surface area contributed by atoms with Crippen LogP contribution in [0.1, 0.15) is 47.8 Å². The van der Waals surface area contributed by atoms with Crippen LogP contribution in [0.3, 0.4) is 0 Å². The number of nitrogens with zero attached hydrogens (tertiary/aromatic N) is 2. The quantitative estimate of drug-likeness (QED) is 0.386. The minimum absolute atomic E-state index is 0.00366. The van der Waals surface area contributed by atoms with Crippen molar-refractivity contribution >= 4 is 22.7 Å². The molecule has 1 N–H and O–H groups in total. The summed E-state index contributed by atoms with van der Waals surface area (Å²) in [7, 11) is 3.53. The number of benzene rings is 3. The number of aromatic nitrogens is 1. The molecule has 3 atom stereocenters. The topological polar surface area (TPSA) is 56.4 Å². The Balaban J connectivity index is 1.82. The van der Waals surface area contributed by atoms with Crippen LogP contribution in [0.4, 0.5) is 0 Å². The number of nitrogens with one attached hydrogen (secondary N) is 1. The number of carbonyl (C=O) groups excluding carboxylic acids is 2. The van der Waals surface area contributed by atoms with Crippen LogP contribution in [0, 0.1) is 5.92 Å². The molecule has 3 aromatic carbocycles. The summed E-state index contributed by atoms with van der Waals surface area (Å²) in [5.41, 5.74) is 5.68. The molecule has 0 bridgehead atoms. The van der Waals surface area contributed by atoms with Crippen LogP contribution >= 0.6 is 0 Å². The normalized spacial score (nSPS) is 16.9. The second-order valence-corrected chi connectivity index (χ2v) is 9.59. The van der Waals surface area contributed by atoms with Crippen molar-refractivity contribution in [1.29, 1.82) is 0 Å². The number of aromatic amines is 1. The highest BCUT2D eigenvalue weighted by Gasteiger charge is 2.47. The lowest BCUT2D eigenvalue weighted by Gasteiger charge is -2.37. The van der Waals surface area contributed by atoms with Gasteiger partial charge < -0.3 is 14.8 Å². The number of likely N-dealkylation sites (N-methyl/N-ethyl adjacent to an activating group) is 1. The van der Waals surface area contributed by atoms with Gasteiger partial charge in [-0.05, 0) is 29.2 Å². The highest BCUT2D eigenvalue weighted by molar-refractivity contribution is 6.04. The Morgan fingerprint density at radius 3 is 2.34 bits per heavy atom. The molecule has 2 amide bonds. The first-order valence-corrected chi connectivity index (χ1v) is 12.2. The van der Waals surface area contributed by atoms with Gasteiger partial charge in [-0.1, -0.05) is 87.0 Å². The lowest BCUT2D eigenvalue weighted by molar-refractivity contribution is -0.135. The first-order chi connectivity index (χ1) is 16.9. The van der Waals surface area contributed by atoms with Crippen LogP contribution in [0.25, 0.3) is 22.2 Å². The molecule has 5 rings (SSSR count). The first kappa shape index (κ1) is 22.9. The molecular weight excluding hydrogens is 434 g/mol. The van der Waals surface area contributed by atoms with Crippen molar-refractivity contribution in [3.63, 3.8) is 0 Å². The summed E-state index contributed by atoms with van der Waals surface area (Å²) < 4.78 is 0. The first-order valence-electron chi connectivity index (χ1n) is 12.2. The van der Waals surface area contributed by atoms with Crippen LogP contribution in [0.2, 0.25) is 0 Å². The third-order valence-corrected chi connectivity index (χ3v) is 7.26. The van der Waals surface area contributed by atoms with Gasteiger partial charge in [0.2, 0.25) is 5.91 Å². The molecule has 1 aromatic heterocycles. The van der Waals surface area contributed by atoms with Crippen LogP contribution in [-0.2, 0) is 4.79 Å². The van der Waals surface area contributed by atoms with Gasteiger partial charge in [-0.3, -0.25) is 9.59 Å². The number of para-hydroxylation sites is 1. The molecule has 4 aromatic rings. The van der Waals surface area contributed by atoms with Crippen molar-refractivity contribution in [3.8, 4) is 11.3 Å². The summed E-state index contributed by atoms with van der Waals surface area (Å²) in [6.07, 6.45) is 0.788. The predicted octanol–water partition coefficient (Wildman–Crippen LogP) is 5.88. The van der Waals surface area contributed by atoms with Gasteiger partial charge in [-0.2, -0.15) is 0 Å². The zero-order valence-corrected chi connectivity index (χ0v) is 20.7. The molecule has 0 radical (unpaired) electrons. The molecule has 1 aliphatic heterocycles. The van der Waals surface area contributed by atoms with E-state index in [4.69, 9.17) is 0 Å². The summed E-state index contributed by atoms with van der Waals surface area (Å²) in [5, 5.41) is 1.06. The zero-order chi connectivity index (χ0) is 24.7. The highest BCUT2D eigenvalue weighted by Crippen LogP contribution is 2.47. The maximum absolute atomic E-state index is 14.0. The molecule has 0 saturated heterocycles. The molecule has 5 nitrogen and oxygen atoms in total. The van der Waals surface area contributed by atoms with E-state index in [1.165, 1.54) is 0 Å². The van der Waals surface area contributed by atoms with Crippen molar-refractivity contribution in [2.75, 3.05) is 14.1 Å². The molecule has 1 aliphatic rings. The van der Waals surface area contributed by atoms with E-state index in [1.807, 2.05) is 59.5 Å². The molecule has 0 spiro atoms. The monoisotopic (exact) mass is 465 g/mol. The molecule has 0 fully saturated rings. The Kier molecular flexibility index (Phi) is 5.93. The SMILES string of the molecule is CCC(C)C(C(=O)N(C)C)N1C(=O)c2ccccc2C1c1c(-c2ccccc2)[nH]c2ccccc12. The van der Waals surface area contributed by atoms with E-state index in [0.29, 0.717) is 5.56 Å². The number of hydrogen-bond acceptors (Lipinski definition) is 2. The second-order valence-electron chi connectivity index (χ2n) is 9.59. The molecule has 2 heterocycles. The van der Waals surface area contributed by atoms with Crippen LogP contribution in [0.5, 0.6) is 0 Å². The largest absolute Gasteiger partial charge is 0.354 e. The summed E-state index contributed by atoms with van der Waals surface area (Å²) in [5.74, 6) is -0.141. The van der Waals surface area contributed by atoms with Gasteiger partial charge >= 0.3 is 0 Å². The predicted molar refractivity (Wildman–Crippen MR) is 140 cm³/mol. The van der Waals surface area contributed by atoms with Crippen molar-refractivity contribution in [1.82, 2.24) is 14.8 Å². The van der Waals surface area contributed by atoms with Crippen molar-refractivity contribution in [2.24, 2.45) is 5.92 Å². The molecule has 3 unspecified atom stereocenters. The van der Waals surface area contributed by atoms with Crippen molar-refractivity contribution < 1.29 is 9.59 Å². The van der Waals surface area contributed by atoms with Gasteiger partial charge in [0.05, 0.1) is 11.7 Å². The maximum Gasteiger partial charge on any atom is 0.255 e. The van der Waals surface area contributed by atoms with E-state index < -0.39 is 6.04 Å². The minimum atomic E-state index is -0.572. The van der Waals surface area contributed by atoms with Gasteiger partial charge in [0.15, 0.2) is 0 Å². The van der Waals surface area contributed by atoms with Crippen LogP contribution in [-0.4, -0.2) is 46.7 Å². The van der Waals surface area contributed by atoms with Gasteiger partial charge in [0.1, 0.15) is 6.04 Å². The van der Waals surface area contributed by atoms with Gasteiger partial charge in [-0.25, -0.2) is 0 Å². The summed E-state index contributed by atoms with van der Waals surface area (Å²) in [4.78, 5) is 34.7. The van der Waals surface area contributed by atoms with E-state index in [9.17, 15) is 9.59 Å². The van der Waals surface area contributed by atoms with E-state index in [2.05, 4.69) is 43.1 Å². The van der Waals surface area contributed by atoms with E-state index in [-0.39, 0.29) is 23.8 Å². The van der Waals surface area contributed by atoms with Crippen molar-refractivity contribution in [2.45, 2.75) is 32.4 Å². The molecule has 35 heavy (non-hydrogen) atoms. The molecule has 178 valence electrons. The smallest absolute Gasteiger partial charge is 0.255 e. The summed E-state index contributed by atoms with van der Waals surface area (Å²) in [6.45, 7) is 4.14. The summed E-state index contributed by atoms with van der Waals surface area (Å²) in [6, 6.07) is 25.3. The fraction of sp³-hybridized carbons (Fsp3) is 0.267. The number of H-pyrrole nitrogens is 1. The Labute approximate surface area is 206 Å². The molecule has 0 aliphatic carbocycles. The van der Waals surface area contributed by atoms with Gasteiger partial charge in [0.25, 0.3) is 5.91 Å². The molecule has 5 heteroatoms. The second kappa shape index (κ2) is 9.06. The van der Waals surface area contributed by atoms with E-state index >= 15 is 0 Å². The maximum atomic E-state index is 14.0. The number of rotatable bonds is 6. The van der Waals surface area contributed by atoms with Gasteiger partial charge in [-0.15, -0.1) is 0 Å². The number of fused-ring (bicyclic) bond motifs is 2. The van der Waals surface area contributed by atoms with Gasteiger partial charge in [0, 0.05) is 36.1 Å². The molecular formula is C30H31N3O2. The third-order valence-electron chi connectivity index (χ3n) is 7.26. The minimum Gasteiger partial charge on any atom is -0.354 e. The van der Waals surface area contributed by atoms with Crippen molar-refractivity contribution in [3.05, 3.63) is 95.6 Å². The lowest BCUT2D eigenvalue weighted by atomic mass is 9.90. The highest BCUT2D eigenvalue weighted by atomic mass is 16.2. The van der Waals surface area contributed by atoms with Crippen LogP contribution < -0.4 is 0 Å². The number of carbonyl (C=O) groups is 2. The fourth-order valence-electron chi connectivity index (χ4n) is 5.32. The Morgan fingerprint density at radius 1 is 0.971 bits per heavy atom. The zero-order valence-electron chi connectivity index (χ0n) is 20.7. The average molecular weight is 466 g/mol. The number of amides is 2.